The van der Waals surface area contributed by atoms with Gasteiger partial charge in [0.1, 0.15) is 5.82 Å². The standard InChI is InChI=1S/C14H22FN3O2S/c1-14(7-2-3-8-14)11-21(19,20)17-10-9-16-13-6-4-5-12(15)18-13/h4-6,17H,2-3,7-11H2,1H3,(H,16,18). The van der Waals surface area contributed by atoms with Crippen molar-refractivity contribution in [1.29, 1.82) is 0 Å². The number of pyridine rings is 1. The van der Waals surface area contributed by atoms with Gasteiger partial charge in [0, 0.05) is 13.1 Å². The van der Waals surface area contributed by atoms with Crippen molar-refractivity contribution < 1.29 is 12.8 Å². The highest BCUT2D eigenvalue weighted by molar-refractivity contribution is 7.89. The first-order valence-electron chi connectivity index (χ1n) is 7.22. The van der Waals surface area contributed by atoms with E-state index in [1.807, 2.05) is 6.92 Å². The number of rotatable bonds is 7. The lowest BCUT2D eigenvalue weighted by Crippen LogP contribution is -2.36. The Bertz CT molecular complexity index is 571. The van der Waals surface area contributed by atoms with Crippen molar-refractivity contribution in [3.05, 3.63) is 24.1 Å². The molecule has 2 rings (SSSR count). The first-order chi connectivity index (χ1) is 9.89. The Labute approximate surface area is 125 Å². The van der Waals surface area contributed by atoms with Crippen LogP contribution in [0.25, 0.3) is 0 Å². The molecule has 0 atom stereocenters. The maximum Gasteiger partial charge on any atom is 0.214 e. The van der Waals surface area contributed by atoms with Gasteiger partial charge in [0.2, 0.25) is 16.0 Å². The number of anilines is 1. The molecule has 1 heterocycles. The summed E-state index contributed by atoms with van der Waals surface area (Å²) >= 11 is 0. The second-order valence-corrected chi connectivity index (χ2v) is 7.75. The zero-order valence-corrected chi connectivity index (χ0v) is 13.0. The lowest BCUT2D eigenvalue weighted by atomic mass is 9.92. The van der Waals surface area contributed by atoms with Crippen LogP contribution in [0.1, 0.15) is 32.6 Å². The summed E-state index contributed by atoms with van der Waals surface area (Å²) in [6, 6.07) is 4.45. The van der Waals surface area contributed by atoms with Gasteiger partial charge in [-0.25, -0.2) is 18.1 Å². The average Bonchev–Trinajstić information content (AvgIpc) is 2.80. The van der Waals surface area contributed by atoms with E-state index in [9.17, 15) is 12.8 Å². The second-order valence-electron chi connectivity index (χ2n) is 5.94. The SMILES string of the molecule is CC1(CS(=O)(=O)NCCNc2cccc(F)n2)CCCC1. The summed E-state index contributed by atoms with van der Waals surface area (Å²) < 4.78 is 39.5. The molecule has 1 aliphatic carbocycles. The number of nitrogens with one attached hydrogen (secondary N) is 2. The van der Waals surface area contributed by atoms with Crippen LogP contribution in [-0.2, 0) is 10.0 Å². The number of sulfonamides is 1. The predicted octanol–water partition coefficient (Wildman–Crippen LogP) is 2.13. The molecular weight excluding hydrogens is 293 g/mol. The third-order valence-corrected chi connectivity index (χ3v) is 5.54. The monoisotopic (exact) mass is 315 g/mol. The summed E-state index contributed by atoms with van der Waals surface area (Å²) in [5.74, 6) is 0.0183. The largest absolute Gasteiger partial charge is 0.369 e. The molecule has 0 radical (unpaired) electrons. The fourth-order valence-corrected chi connectivity index (χ4v) is 4.51. The first kappa shape index (κ1) is 16.2. The lowest BCUT2D eigenvalue weighted by molar-refractivity contribution is 0.380. The Kier molecular flexibility index (Phi) is 5.16. The van der Waals surface area contributed by atoms with E-state index >= 15 is 0 Å². The van der Waals surface area contributed by atoms with E-state index in [0.717, 1.165) is 25.7 Å². The van der Waals surface area contributed by atoms with Crippen LogP contribution >= 0.6 is 0 Å². The highest BCUT2D eigenvalue weighted by Crippen LogP contribution is 2.38. The van der Waals surface area contributed by atoms with Crippen LogP contribution < -0.4 is 10.0 Å². The molecule has 21 heavy (non-hydrogen) atoms. The Morgan fingerprint density at radius 2 is 2.00 bits per heavy atom. The maximum absolute atomic E-state index is 12.9. The van der Waals surface area contributed by atoms with Gasteiger partial charge in [-0.1, -0.05) is 25.8 Å². The fourth-order valence-electron chi connectivity index (χ4n) is 2.79. The number of nitrogens with zero attached hydrogens (tertiary/aromatic N) is 1. The molecule has 0 bridgehead atoms. The van der Waals surface area contributed by atoms with E-state index in [4.69, 9.17) is 0 Å². The van der Waals surface area contributed by atoms with Crippen molar-refractivity contribution in [2.45, 2.75) is 32.6 Å². The van der Waals surface area contributed by atoms with Crippen LogP contribution in [0.3, 0.4) is 0 Å². The van der Waals surface area contributed by atoms with Crippen LogP contribution in [0.2, 0.25) is 0 Å². The molecular formula is C14H22FN3O2S. The number of aromatic nitrogens is 1. The molecule has 2 N–H and O–H groups in total. The van der Waals surface area contributed by atoms with Gasteiger partial charge in [-0.2, -0.15) is 4.39 Å². The molecule has 1 saturated carbocycles. The minimum absolute atomic E-state index is 0.0939. The first-order valence-corrected chi connectivity index (χ1v) is 8.88. The molecule has 0 spiro atoms. The smallest absolute Gasteiger partial charge is 0.214 e. The molecule has 1 fully saturated rings. The molecule has 118 valence electrons. The van der Waals surface area contributed by atoms with Gasteiger partial charge >= 0.3 is 0 Å². The highest BCUT2D eigenvalue weighted by atomic mass is 32.2. The van der Waals surface area contributed by atoms with Crippen LogP contribution in [0, 0.1) is 11.4 Å². The molecule has 1 aliphatic rings. The third kappa shape index (κ3) is 5.24. The second kappa shape index (κ2) is 6.70. The molecule has 1 aromatic rings. The van der Waals surface area contributed by atoms with Gasteiger partial charge in [0.05, 0.1) is 5.75 Å². The normalized spacial score (nSPS) is 17.8. The van der Waals surface area contributed by atoms with Crippen molar-refractivity contribution in [3.63, 3.8) is 0 Å². The van der Waals surface area contributed by atoms with Gasteiger partial charge in [0.15, 0.2) is 0 Å². The summed E-state index contributed by atoms with van der Waals surface area (Å²) in [4.78, 5) is 3.65. The van der Waals surface area contributed by atoms with Crippen molar-refractivity contribution >= 4 is 15.8 Å². The van der Waals surface area contributed by atoms with Crippen molar-refractivity contribution in [1.82, 2.24) is 9.71 Å². The van der Waals surface area contributed by atoms with Crippen molar-refractivity contribution in [2.24, 2.45) is 5.41 Å². The summed E-state index contributed by atoms with van der Waals surface area (Å²) in [6.45, 7) is 2.66. The zero-order valence-electron chi connectivity index (χ0n) is 12.2. The molecule has 0 aromatic carbocycles. The van der Waals surface area contributed by atoms with Crippen LogP contribution in [0.5, 0.6) is 0 Å². The topological polar surface area (TPSA) is 71.1 Å². The predicted molar refractivity (Wildman–Crippen MR) is 81.0 cm³/mol. The molecule has 1 aromatic heterocycles. The Balaban J connectivity index is 1.74. The van der Waals surface area contributed by atoms with E-state index < -0.39 is 16.0 Å². The minimum Gasteiger partial charge on any atom is -0.369 e. The quantitative estimate of drug-likeness (QED) is 0.597. The molecule has 5 nitrogen and oxygen atoms in total. The molecule has 7 heteroatoms. The average molecular weight is 315 g/mol. The number of halogens is 1. The Morgan fingerprint density at radius 1 is 1.29 bits per heavy atom. The van der Waals surface area contributed by atoms with E-state index in [2.05, 4.69) is 15.0 Å². The lowest BCUT2D eigenvalue weighted by Gasteiger charge is -2.23. The molecule has 0 amide bonds. The fraction of sp³-hybridized carbons (Fsp3) is 0.643. The van der Waals surface area contributed by atoms with Crippen LogP contribution in [0.4, 0.5) is 10.2 Å². The van der Waals surface area contributed by atoms with E-state index in [0.29, 0.717) is 12.4 Å². The summed E-state index contributed by atoms with van der Waals surface area (Å²) in [5, 5.41) is 2.88. The third-order valence-electron chi connectivity index (χ3n) is 3.82. The number of hydrogen-bond acceptors (Lipinski definition) is 4. The van der Waals surface area contributed by atoms with E-state index in [-0.39, 0.29) is 17.7 Å². The zero-order chi connectivity index (χ0) is 15.3. The molecule has 0 saturated heterocycles. The van der Waals surface area contributed by atoms with E-state index in [1.165, 1.54) is 6.07 Å². The van der Waals surface area contributed by atoms with Gasteiger partial charge in [0.25, 0.3) is 0 Å². The summed E-state index contributed by atoms with van der Waals surface area (Å²) in [5.41, 5.74) is -0.0939. The van der Waals surface area contributed by atoms with Gasteiger partial charge in [-0.3, -0.25) is 0 Å². The highest BCUT2D eigenvalue weighted by Gasteiger charge is 2.33. The summed E-state index contributed by atoms with van der Waals surface area (Å²) in [7, 11) is -3.27. The van der Waals surface area contributed by atoms with Crippen molar-refractivity contribution in [3.8, 4) is 0 Å². The van der Waals surface area contributed by atoms with Gasteiger partial charge in [-0.15, -0.1) is 0 Å². The maximum atomic E-state index is 12.9. The van der Waals surface area contributed by atoms with E-state index in [1.54, 1.807) is 12.1 Å². The molecule has 0 aliphatic heterocycles. The summed E-state index contributed by atoms with van der Waals surface area (Å²) in [6.07, 6.45) is 4.16. The molecule has 0 unspecified atom stereocenters. The van der Waals surface area contributed by atoms with Crippen molar-refractivity contribution in [2.75, 3.05) is 24.2 Å². The number of hydrogen-bond donors (Lipinski definition) is 2. The Hall–Kier alpha value is -1.21. The van der Waals surface area contributed by atoms with Gasteiger partial charge in [-0.05, 0) is 30.4 Å². The van der Waals surface area contributed by atoms with Gasteiger partial charge < -0.3 is 5.32 Å². The Morgan fingerprint density at radius 3 is 2.67 bits per heavy atom. The van der Waals surface area contributed by atoms with Crippen LogP contribution in [-0.4, -0.2) is 32.2 Å². The van der Waals surface area contributed by atoms with Crippen LogP contribution in [0.15, 0.2) is 18.2 Å². The minimum atomic E-state index is -3.27.